The van der Waals surface area contributed by atoms with E-state index in [2.05, 4.69) is 45.0 Å². The van der Waals surface area contributed by atoms with Crippen LogP contribution in [0, 0.1) is 0 Å². The Hall–Kier alpha value is -1.68. The standard InChI is InChI=1S/C14H12BrN3/c1-2-12-13(10-6-4-3-5-7-10)18-9-11(15)8-16-14(18)17-12/h3-9H,2H2,1H3. The molecule has 0 N–H and O–H groups in total. The van der Waals surface area contributed by atoms with Gasteiger partial charge in [-0.2, -0.15) is 0 Å². The van der Waals surface area contributed by atoms with Gasteiger partial charge in [-0.15, -0.1) is 0 Å². The largest absolute Gasteiger partial charge is 0.282 e. The number of benzene rings is 1. The van der Waals surface area contributed by atoms with E-state index in [1.165, 1.54) is 5.56 Å². The number of fused-ring (bicyclic) bond motifs is 1. The van der Waals surface area contributed by atoms with Gasteiger partial charge in [0.15, 0.2) is 0 Å². The molecule has 18 heavy (non-hydrogen) atoms. The van der Waals surface area contributed by atoms with Gasteiger partial charge in [-0.05, 0) is 22.4 Å². The number of aromatic nitrogens is 3. The third kappa shape index (κ3) is 1.82. The van der Waals surface area contributed by atoms with Crippen LogP contribution < -0.4 is 0 Å². The van der Waals surface area contributed by atoms with Crippen molar-refractivity contribution in [3.8, 4) is 11.3 Å². The lowest BCUT2D eigenvalue weighted by atomic mass is 10.1. The van der Waals surface area contributed by atoms with Gasteiger partial charge in [0.25, 0.3) is 0 Å². The lowest BCUT2D eigenvalue weighted by Gasteiger charge is -2.04. The van der Waals surface area contributed by atoms with Crippen molar-refractivity contribution in [2.75, 3.05) is 0 Å². The molecule has 0 amide bonds. The van der Waals surface area contributed by atoms with E-state index in [1.54, 1.807) is 6.20 Å². The fraction of sp³-hybridized carbons (Fsp3) is 0.143. The van der Waals surface area contributed by atoms with E-state index in [0.717, 1.165) is 28.1 Å². The summed E-state index contributed by atoms with van der Waals surface area (Å²) in [6.45, 7) is 2.11. The minimum atomic E-state index is 0.744. The van der Waals surface area contributed by atoms with Crippen LogP contribution in [-0.4, -0.2) is 14.4 Å². The number of halogens is 1. The third-order valence-corrected chi connectivity index (χ3v) is 3.31. The van der Waals surface area contributed by atoms with Crippen LogP contribution in [-0.2, 0) is 6.42 Å². The van der Waals surface area contributed by atoms with Gasteiger partial charge in [0, 0.05) is 18.0 Å². The molecule has 0 unspecified atom stereocenters. The van der Waals surface area contributed by atoms with Gasteiger partial charge in [0.2, 0.25) is 5.78 Å². The topological polar surface area (TPSA) is 30.2 Å². The molecule has 0 saturated carbocycles. The minimum Gasteiger partial charge on any atom is -0.282 e. The number of rotatable bonds is 2. The second kappa shape index (κ2) is 4.53. The lowest BCUT2D eigenvalue weighted by Crippen LogP contribution is -1.92. The molecular formula is C14H12BrN3. The summed E-state index contributed by atoms with van der Waals surface area (Å²) in [7, 11) is 0. The van der Waals surface area contributed by atoms with Crippen LogP contribution in [0.1, 0.15) is 12.6 Å². The molecule has 0 atom stereocenters. The van der Waals surface area contributed by atoms with Crippen molar-refractivity contribution in [2.24, 2.45) is 0 Å². The van der Waals surface area contributed by atoms with Gasteiger partial charge in [0.1, 0.15) is 0 Å². The Labute approximate surface area is 114 Å². The molecule has 3 rings (SSSR count). The van der Waals surface area contributed by atoms with Crippen LogP contribution in [0.15, 0.2) is 47.2 Å². The molecule has 0 aliphatic carbocycles. The first-order valence-electron chi connectivity index (χ1n) is 5.87. The van der Waals surface area contributed by atoms with Gasteiger partial charge in [-0.25, -0.2) is 9.97 Å². The number of hydrogen-bond acceptors (Lipinski definition) is 2. The molecule has 0 radical (unpaired) electrons. The van der Waals surface area contributed by atoms with Gasteiger partial charge in [0.05, 0.1) is 15.9 Å². The van der Waals surface area contributed by atoms with Crippen molar-refractivity contribution in [1.29, 1.82) is 0 Å². The van der Waals surface area contributed by atoms with Crippen molar-refractivity contribution < 1.29 is 0 Å². The van der Waals surface area contributed by atoms with Crippen molar-refractivity contribution >= 4 is 21.7 Å². The Balaban J connectivity index is 2.35. The highest BCUT2D eigenvalue weighted by Crippen LogP contribution is 2.25. The Kier molecular flexibility index (Phi) is 2.88. The van der Waals surface area contributed by atoms with Crippen LogP contribution in [0.5, 0.6) is 0 Å². The van der Waals surface area contributed by atoms with E-state index in [9.17, 15) is 0 Å². The molecule has 2 aromatic heterocycles. The van der Waals surface area contributed by atoms with E-state index < -0.39 is 0 Å². The monoisotopic (exact) mass is 301 g/mol. The summed E-state index contributed by atoms with van der Waals surface area (Å²) >= 11 is 3.46. The first-order valence-corrected chi connectivity index (χ1v) is 6.67. The van der Waals surface area contributed by atoms with Crippen molar-refractivity contribution in [3.63, 3.8) is 0 Å². The molecule has 0 fully saturated rings. The van der Waals surface area contributed by atoms with Gasteiger partial charge >= 0.3 is 0 Å². The molecule has 90 valence electrons. The average Bonchev–Trinajstić information content (AvgIpc) is 2.77. The second-order valence-electron chi connectivity index (χ2n) is 4.07. The molecule has 0 saturated heterocycles. The van der Waals surface area contributed by atoms with Crippen molar-refractivity contribution in [2.45, 2.75) is 13.3 Å². The second-order valence-corrected chi connectivity index (χ2v) is 4.98. The maximum Gasteiger partial charge on any atom is 0.234 e. The van der Waals surface area contributed by atoms with Gasteiger partial charge < -0.3 is 0 Å². The molecule has 1 aromatic carbocycles. The average molecular weight is 302 g/mol. The number of imidazole rings is 1. The van der Waals surface area contributed by atoms with E-state index >= 15 is 0 Å². The highest BCUT2D eigenvalue weighted by molar-refractivity contribution is 9.10. The first kappa shape index (κ1) is 11.4. The SMILES string of the molecule is CCc1nc2ncc(Br)cn2c1-c1ccccc1. The summed E-state index contributed by atoms with van der Waals surface area (Å²) in [5.41, 5.74) is 3.37. The van der Waals surface area contributed by atoms with Crippen LogP contribution in [0.2, 0.25) is 0 Å². The zero-order valence-electron chi connectivity index (χ0n) is 9.97. The molecule has 0 aliphatic heterocycles. The summed E-state index contributed by atoms with van der Waals surface area (Å²) in [4.78, 5) is 8.92. The summed E-state index contributed by atoms with van der Waals surface area (Å²) in [6.07, 6.45) is 4.68. The van der Waals surface area contributed by atoms with Crippen molar-refractivity contribution in [1.82, 2.24) is 14.4 Å². The summed E-state index contributed by atoms with van der Waals surface area (Å²) in [5, 5.41) is 0. The van der Waals surface area contributed by atoms with Crippen LogP contribution in [0.25, 0.3) is 17.0 Å². The normalized spacial score (nSPS) is 11.0. The fourth-order valence-corrected chi connectivity index (χ4v) is 2.41. The predicted molar refractivity (Wildman–Crippen MR) is 75.5 cm³/mol. The molecule has 4 heteroatoms. The molecular weight excluding hydrogens is 290 g/mol. The van der Waals surface area contributed by atoms with Crippen LogP contribution >= 0.6 is 15.9 Å². The maximum atomic E-state index is 4.58. The van der Waals surface area contributed by atoms with Gasteiger partial charge in [-0.1, -0.05) is 37.3 Å². The van der Waals surface area contributed by atoms with E-state index in [-0.39, 0.29) is 0 Å². The maximum absolute atomic E-state index is 4.58. The van der Waals surface area contributed by atoms with E-state index in [1.807, 2.05) is 28.8 Å². The number of hydrogen-bond donors (Lipinski definition) is 0. The Morgan fingerprint density at radius 1 is 1.22 bits per heavy atom. The number of nitrogens with zero attached hydrogens (tertiary/aromatic N) is 3. The Bertz CT molecular complexity index is 689. The zero-order valence-corrected chi connectivity index (χ0v) is 11.6. The third-order valence-electron chi connectivity index (χ3n) is 2.90. The molecule has 0 spiro atoms. The van der Waals surface area contributed by atoms with E-state index in [4.69, 9.17) is 0 Å². The Morgan fingerprint density at radius 3 is 2.72 bits per heavy atom. The fourth-order valence-electron chi connectivity index (χ4n) is 2.10. The molecule has 3 aromatic rings. The highest BCUT2D eigenvalue weighted by atomic mass is 79.9. The smallest absolute Gasteiger partial charge is 0.234 e. The molecule has 0 aliphatic rings. The predicted octanol–water partition coefficient (Wildman–Crippen LogP) is 3.72. The summed E-state index contributed by atoms with van der Waals surface area (Å²) in [5.74, 6) is 0.744. The van der Waals surface area contributed by atoms with Gasteiger partial charge in [-0.3, -0.25) is 4.40 Å². The van der Waals surface area contributed by atoms with Crippen molar-refractivity contribution in [3.05, 3.63) is 52.9 Å². The molecule has 2 heterocycles. The lowest BCUT2D eigenvalue weighted by molar-refractivity contribution is 1.07. The first-order chi connectivity index (χ1) is 8.79. The van der Waals surface area contributed by atoms with E-state index in [0.29, 0.717) is 0 Å². The summed E-state index contributed by atoms with van der Waals surface area (Å²) in [6, 6.07) is 10.3. The highest BCUT2D eigenvalue weighted by Gasteiger charge is 2.13. The minimum absolute atomic E-state index is 0.744. The Morgan fingerprint density at radius 2 is 2.00 bits per heavy atom. The van der Waals surface area contributed by atoms with Crippen LogP contribution in [0.4, 0.5) is 0 Å². The zero-order chi connectivity index (χ0) is 12.5. The number of aryl methyl sites for hydroxylation is 1. The summed E-state index contributed by atoms with van der Waals surface area (Å²) < 4.78 is 2.99. The molecule has 3 nitrogen and oxygen atoms in total. The molecule has 0 bridgehead atoms. The van der Waals surface area contributed by atoms with Crippen LogP contribution in [0.3, 0.4) is 0 Å². The quantitative estimate of drug-likeness (QED) is 0.722.